The van der Waals surface area contributed by atoms with Crippen LogP contribution in [0, 0.1) is 20.8 Å². The number of hydrogen-bond donors (Lipinski definition) is 0. The Morgan fingerprint density at radius 2 is 1.55 bits per heavy atom. The van der Waals surface area contributed by atoms with Crippen LogP contribution in [0.4, 0.5) is 5.69 Å². The number of aromatic nitrogens is 3. The van der Waals surface area contributed by atoms with E-state index in [1.807, 2.05) is 42.6 Å². The molecule has 44 heavy (non-hydrogen) atoms. The fourth-order valence-corrected chi connectivity index (χ4v) is 6.67. The third-order valence-electron chi connectivity index (χ3n) is 8.39. The van der Waals surface area contributed by atoms with E-state index >= 15 is 0 Å². The van der Waals surface area contributed by atoms with Crippen molar-refractivity contribution < 1.29 is 4.74 Å². The zero-order valence-electron chi connectivity index (χ0n) is 24.8. The molecule has 0 fully saturated rings. The Kier molecular flexibility index (Phi) is 6.08. The van der Waals surface area contributed by atoms with Crippen LogP contribution in [0.1, 0.15) is 22.3 Å². The maximum Gasteiger partial charge on any atom is 0.146 e. The summed E-state index contributed by atoms with van der Waals surface area (Å²) in [5, 5.41) is 2.19. The summed E-state index contributed by atoms with van der Waals surface area (Å²) in [6, 6.07) is 29.0. The first-order chi connectivity index (χ1) is 21.5. The van der Waals surface area contributed by atoms with Crippen molar-refractivity contribution in [2.75, 3.05) is 4.90 Å². The number of rotatable bonds is 5. The number of hydrogen-bond acceptors (Lipinski definition) is 5. The largest absolute Gasteiger partial charge is 0.457 e. The van der Waals surface area contributed by atoms with Gasteiger partial charge in [0.15, 0.2) is 0 Å². The van der Waals surface area contributed by atoms with Crippen molar-refractivity contribution in [2.24, 2.45) is 0 Å². The molecule has 1 unspecified atom stereocenters. The minimum absolute atomic E-state index is 0.0733. The highest BCUT2D eigenvalue weighted by Gasteiger charge is 2.33. The molecule has 0 aliphatic carbocycles. The van der Waals surface area contributed by atoms with Crippen molar-refractivity contribution in [3.05, 3.63) is 150 Å². The van der Waals surface area contributed by atoms with Crippen LogP contribution in [-0.4, -0.2) is 25.6 Å². The minimum Gasteiger partial charge on any atom is -0.457 e. The third-order valence-corrected chi connectivity index (χ3v) is 8.39. The molecule has 5 heterocycles. The Hall–Kier alpha value is -5.62. The molecule has 0 bridgehead atoms. The van der Waals surface area contributed by atoms with E-state index < -0.39 is 0 Å². The lowest BCUT2D eigenvalue weighted by Crippen LogP contribution is -2.36. The molecule has 0 N–H and O–H groups in total. The van der Waals surface area contributed by atoms with Crippen molar-refractivity contribution >= 4 is 33.3 Å². The highest BCUT2D eigenvalue weighted by Crippen LogP contribution is 2.40. The van der Waals surface area contributed by atoms with Crippen LogP contribution in [0.3, 0.4) is 0 Å². The van der Waals surface area contributed by atoms with Gasteiger partial charge in [-0.15, -0.1) is 0 Å². The molecule has 0 saturated carbocycles. The Bertz CT molecular complexity index is 2130. The summed E-state index contributed by atoms with van der Waals surface area (Å²) >= 11 is 0. The van der Waals surface area contributed by atoms with Gasteiger partial charge in [0, 0.05) is 52.9 Å². The van der Waals surface area contributed by atoms with E-state index in [1.54, 1.807) is 6.20 Å². The van der Waals surface area contributed by atoms with E-state index in [0.717, 1.165) is 50.5 Å². The number of anilines is 1. The zero-order chi connectivity index (χ0) is 29.8. The average Bonchev–Trinajstić information content (AvgIpc) is 3.57. The Morgan fingerprint density at radius 3 is 2.39 bits per heavy atom. The summed E-state index contributed by atoms with van der Waals surface area (Å²) in [5.74, 6) is 2.34. The first-order valence-electron chi connectivity index (χ1n) is 14.9. The summed E-state index contributed by atoms with van der Waals surface area (Å²) in [6.07, 6.45) is 14.6. The maximum absolute atomic E-state index is 6.53. The predicted octanol–water partition coefficient (Wildman–Crippen LogP) is 8.82. The van der Waals surface area contributed by atoms with E-state index in [9.17, 15) is 0 Å². The van der Waals surface area contributed by atoms with Crippen molar-refractivity contribution in [2.45, 2.75) is 26.9 Å². The monoisotopic (exact) mass is 573 g/mol. The summed E-state index contributed by atoms with van der Waals surface area (Å²) in [6.45, 7) is 6.55. The Morgan fingerprint density at radius 1 is 0.705 bits per heavy atom. The van der Waals surface area contributed by atoms with E-state index in [4.69, 9.17) is 9.72 Å². The van der Waals surface area contributed by atoms with Gasteiger partial charge < -0.3 is 14.5 Å². The number of ether oxygens (including phenoxy) is 1. The van der Waals surface area contributed by atoms with Crippen LogP contribution >= 0.6 is 0 Å². The molecule has 6 aromatic rings. The molecule has 214 valence electrons. The van der Waals surface area contributed by atoms with Crippen LogP contribution in [-0.2, 0) is 0 Å². The molecular weight excluding hydrogens is 542 g/mol. The smallest absolute Gasteiger partial charge is 0.146 e. The lowest BCUT2D eigenvalue weighted by molar-refractivity contribution is 0.469. The molecule has 1 atom stereocenters. The lowest BCUT2D eigenvalue weighted by Gasteiger charge is -2.33. The number of allylic oxidation sites excluding steroid dienone is 2. The Balaban J connectivity index is 1.17. The number of fused-ring (bicyclic) bond motifs is 4. The molecule has 2 aliphatic rings. The summed E-state index contributed by atoms with van der Waals surface area (Å²) in [5.41, 5.74) is 9.15. The van der Waals surface area contributed by atoms with Gasteiger partial charge in [0.1, 0.15) is 29.1 Å². The van der Waals surface area contributed by atoms with E-state index in [-0.39, 0.29) is 6.17 Å². The number of pyridine rings is 2. The highest BCUT2D eigenvalue weighted by atomic mass is 16.5. The first-order valence-corrected chi connectivity index (χ1v) is 14.9. The summed E-state index contributed by atoms with van der Waals surface area (Å²) < 4.78 is 8.62. The zero-order valence-corrected chi connectivity index (χ0v) is 24.8. The molecule has 3 aromatic heterocycles. The molecule has 2 aliphatic heterocycles. The van der Waals surface area contributed by atoms with Crippen molar-refractivity contribution in [1.29, 1.82) is 0 Å². The van der Waals surface area contributed by atoms with Gasteiger partial charge >= 0.3 is 0 Å². The van der Waals surface area contributed by atoms with Gasteiger partial charge in [-0.3, -0.25) is 4.57 Å². The standard InChI is InChI=1S/C38H31N5O/c1-25-20-26(2)37(27(3)21-25)42-24-34(41-19-7-5-14-36(41)42)28-10-8-11-29(22-28)44-30-15-16-31-32-12-9-18-40-38(32)43(33(31)23-30)35-13-4-6-17-39-35/h4-24,36H,1-3H3. The van der Waals surface area contributed by atoms with Gasteiger partial charge in [-0.25, -0.2) is 9.97 Å². The van der Waals surface area contributed by atoms with E-state index in [1.165, 1.54) is 22.4 Å². The van der Waals surface area contributed by atoms with Crippen LogP contribution in [0.15, 0.2) is 128 Å². The second kappa shape index (κ2) is 10.3. The van der Waals surface area contributed by atoms with Crippen LogP contribution in [0.5, 0.6) is 11.5 Å². The molecule has 6 heteroatoms. The number of nitrogens with zero attached hydrogens (tertiary/aromatic N) is 5. The third kappa shape index (κ3) is 4.26. The van der Waals surface area contributed by atoms with Gasteiger partial charge in [0.05, 0.1) is 11.2 Å². The SMILES string of the molecule is Cc1cc(C)c(N2C=C(c3cccc(Oc4ccc5c6cccnc6n(-c6ccccn6)c5c4)c3)N3C=CC=CC32)c(C)c1. The highest BCUT2D eigenvalue weighted by molar-refractivity contribution is 6.08. The quantitative estimate of drug-likeness (QED) is 0.206. The molecule has 0 radical (unpaired) electrons. The van der Waals surface area contributed by atoms with Crippen molar-refractivity contribution in [3.8, 4) is 17.3 Å². The van der Waals surface area contributed by atoms with Crippen LogP contribution in [0.25, 0.3) is 33.5 Å². The normalized spacial score (nSPS) is 15.7. The van der Waals surface area contributed by atoms with E-state index in [2.05, 4.69) is 119 Å². The molecular formula is C38H31N5O. The van der Waals surface area contributed by atoms with Crippen LogP contribution in [0.2, 0.25) is 0 Å². The fourth-order valence-electron chi connectivity index (χ4n) is 6.67. The molecule has 8 rings (SSSR count). The van der Waals surface area contributed by atoms with Gasteiger partial charge in [-0.2, -0.15) is 0 Å². The van der Waals surface area contributed by atoms with Gasteiger partial charge in [-0.1, -0.05) is 42.0 Å². The van der Waals surface area contributed by atoms with Crippen molar-refractivity contribution in [1.82, 2.24) is 19.4 Å². The second-order valence-corrected chi connectivity index (χ2v) is 11.4. The number of aryl methyl sites for hydroxylation is 3. The maximum atomic E-state index is 6.53. The minimum atomic E-state index is 0.0733. The summed E-state index contributed by atoms with van der Waals surface area (Å²) in [7, 11) is 0. The average molecular weight is 574 g/mol. The first kappa shape index (κ1) is 26.0. The van der Waals surface area contributed by atoms with Gasteiger partial charge in [0.25, 0.3) is 0 Å². The molecule has 0 saturated heterocycles. The lowest BCUT2D eigenvalue weighted by atomic mass is 10.0. The van der Waals surface area contributed by atoms with Gasteiger partial charge in [-0.05, 0) is 92.6 Å². The predicted molar refractivity (Wildman–Crippen MR) is 178 cm³/mol. The summed E-state index contributed by atoms with van der Waals surface area (Å²) in [4.78, 5) is 14.0. The molecule has 6 nitrogen and oxygen atoms in total. The van der Waals surface area contributed by atoms with E-state index in [0.29, 0.717) is 0 Å². The number of benzene rings is 3. The molecule has 0 spiro atoms. The topological polar surface area (TPSA) is 46.4 Å². The molecule has 0 amide bonds. The van der Waals surface area contributed by atoms with Crippen LogP contribution < -0.4 is 9.64 Å². The van der Waals surface area contributed by atoms with Crippen molar-refractivity contribution in [3.63, 3.8) is 0 Å². The Labute approximate surface area is 256 Å². The second-order valence-electron chi connectivity index (χ2n) is 11.4. The van der Waals surface area contributed by atoms with Gasteiger partial charge in [0.2, 0.25) is 0 Å². The molecule has 3 aromatic carbocycles. The fraction of sp³-hybridized carbons (Fsp3) is 0.105.